The number of rotatable bonds is 7. The highest BCUT2D eigenvalue weighted by atomic mass is 35.5. The highest BCUT2D eigenvalue weighted by Gasteiger charge is 2.16. The summed E-state index contributed by atoms with van der Waals surface area (Å²) in [5.74, 6) is 0.883. The summed E-state index contributed by atoms with van der Waals surface area (Å²) in [5, 5.41) is 5.52. The summed E-state index contributed by atoms with van der Waals surface area (Å²) in [5.41, 5.74) is 2.19. The van der Waals surface area contributed by atoms with Gasteiger partial charge in [-0.15, -0.1) is 11.3 Å². The van der Waals surface area contributed by atoms with Crippen LogP contribution in [-0.4, -0.2) is 44.7 Å². The van der Waals surface area contributed by atoms with Gasteiger partial charge in [0.15, 0.2) is 11.5 Å². The number of ether oxygens (including phenoxy) is 2. The lowest BCUT2D eigenvalue weighted by atomic mass is 10.1. The standard InChI is InChI=1S/C20H23ClN2O3S/c1-25-17-12-14(11-16(21)20(17)26-2)3-4-19(24)22-7-9-23-8-5-18-15(13-23)6-10-27-18/h3-4,6,10-12H,5,7-9,13H2,1-2H3,(H,22,24)/b4-3+. The highest BCUT2D eigenvalue weighted by Crippen LogP contribution is 2.36. The van der Waals surface area contributed by atoms with Gasteiger partial charge in [-0.3, -0.25) is 9.69 Å². The van der Waals surface area contributed by atoms with Crippen LogP contribution in [0.25, 0.3) is 6.08 Å². The lowest BCUT2D eigenvalue weighted by Crippen LogP contribution is -2.37. The Hall–Kier alpha value is -2.02. The minimum atomic E-state index is -0.130. The van der Waals surface area contributed by atoms with Crippen molar-refractivity contribution < 1.29 is 14.3 Å². The monoisotopic (exact) mass is 406 g/mol. The molecule has 3 rings (SSSR count). The van der Waals surface area contributed by atoms with E-state index in [1.807, 2.05) is 11.3 Å². The van der Waals surface area contributed by atoms with Crippen LogP contribution in [0, 0.1) is 0 Å². The van der Waals surface area contributed by atoms with E-state index in [0.717, 1.165) is 31.6 Å². The maximum absolute atomic E-state index is 12.1. The van der Waals surface area contributed by atoms with Gasteiger partial charge in [-0.1, -0.05) is 11.6 Å². The van der Waals surface area contributed by atoms with Gasteiger partial charge in [0.1, 0.15) is 0 Å². The maximum atomic E-state index is 12.1. The van der Waals surface area contributed by atoms with Crippen LogP contribution in [0.15, 0.2) is 29.7 Å². The first-order valence-electron chi connectivity index (χ1n) is 8.75. The minimum Gasteiger partial charge on any atom is -0.493 e. The molecule has 1 aliphatic rings. The lowest BCUT2D eigenvalue weighted by molar-refractivity contribution is -0.116. The number of hydrogen-bond acceptors (Lipinski definition) is 5. The van der Waals surface area contributed by atoms with Crippen molar-refractivity contribution in [2.75, 3.05) is 33.9 Å². The molecule has 144 valence electrons. The largest absolute Gasteiger partial charge is 0.493 e. The van der Waals surface area contributed by atoms with Gasteiger partial charge < -0.3 is 14.8 Å². The summed E-state index contributed by atoms with van der Waals surface area (Å²) in [7, 11) is 3.09. The molecule has 1 aliphatic heterocycles. The second-order valence-electron chi connectivity index (χ2n) is 6.26. The van der Waals surface area contributed by atoms with E-state index in [2.05, 4.69) is 21.7 Å². The van der Waals surface area contributed by atoms with E-state index >= 15 is 0 Å². The first kappa shape index (κ1) is 19.7. The number of fused-ring (bicyclic) bond motifs is 1. The molecule has 0 unspecified atom stereocenters. The van der Waals surface area contributed by atoms with Crippen LogP contribution in [0.1, 0.15) is 16.0 Å². The third kappa shape index (κ3) is 5.03. The minimum absolute atomic E-state index is 0.130. The van der Waals surface area contributed by atoms with Gasteiger partial charge in [0.2, 0.25) is 5.91 Å². The van der Waals surface area contributed by atoms with E-state index in [1.165, 1.54) is 23.6 Å². The third-order valence-electron chi connectivity index (χ3n) is 4.50. The molecule has 7 heteroatoms. The summed E-state index contributed by atoms with van der Waals surface area (Å²) < 4.78 is 10.5. The van der Waals surface area contributed by atoms with Gasteiger partial charge in [0.05, 0.1) is 19.2 Å². The summed E-state index contributed by atoms with van der Waals surface area (Å²) in [6.45, 7) is 3.48. The molecule has 0 atom stereocenters. The Labute approximate surface area is 168 Å². The molecule has 27 heavy (non-hydrogen) atoms. The molecule has 1 amide bonds. The Morgan fingerprint density at radius 3 is 3.00 bits per heavy atom. The lowest BCUT2D eigenvalue weighted by Gasteiger charge is -2.26. The number of carbonyl (C=O) groups is 1. The number of benzene rings is 1. The Morgan fingerprint density at radius 1 is 1.37 bits per heavy atom. The van der Waals surface area contributed by atoms with E-state index in [4.69, 9.17) is 21.1 Å². The van der Waals surface area contributed by atoms with E-state index < -0.39 is 0 Å². The number of thiophene rings is 1. The molecular weight excluding hydrogens is 384 g/mol. The number of nitrogens with zero attached hydrogens (tertiary/aromatic N) is 1. The van der Waals surface area contributed by atoms with Gasteiger partial charge in [0, 0.05) is 37.1 Å². The fourth-order valence-electron chi connectivity index (χ4n) is 3.10. The van der Waals surface area contributed by atoms with Crippen LogP contribution in [0.5, 0.6) is 11.5 Å². The first-order valence-corrected chi connectivity index (χ1v) is 10.0. The predicted molar refractivity (Wildman–Crippen MR) is 110 cm³/mol. The summed E-state index contributed by atoms with van der Waals surface area (Å²) >= 11 is 8.02. The van der Waals surface area contributed by atoms with E-state index in [0.29, 0.717) is 23.1 Å². The fourth-order valence-corrected chi connectivity index (χ4v) is 4.29. The smallest absolute Gasteiger partial charge is 0.244 e. The number of hydrogen-bond donors (Lipinski definition) is 1. The normalized spacial score (nSPS) is 14.2. The van der Waals surface area contributed by atoms with Crippen molar-refractivity contribution in [3.63, 3.8) is 0 Å². The van der Waals surface area contributed by atoms with Crippen LogP contribution >= 0.6 is 22.9 Å². The zero-order chi connectivity index (χ0) is 19.2. The molecule has 1 aromatic heterocycles. The third-order valence-corrected chi connectivity index (χ3v) is 5.80. The summed E-state index contributed by atoms with van der Waals surface area (Å²) in [4.78, 5) is 15.9. The number of methoxy groups -OCH3 is 2. The molecule has 0 fully saturated rings. The average Bonchev–Trinajstić information content (AvgIpc) is 3.13. The zero-order valence-corrected chi connectivity index (χ0v) is 17.0. The van der Waals surface area contributed by atoms with Crippen molar-refractivity contribution in [3.05, 3.63) is 50.7 Å². The van der Waals surface area contributed by atoms with Crippen LogP contribution in [0.3, 0.4) is 0 Å². The maximum Gasteiger partial charge on any atom is 0.244 e. The molecule has 1 N–H and O–H groups in total. The number of nitrogens with one attached hydrogen (secondary N) is 1. The Balaban J connectivity index is 1.49. The molecule has 0 saturated carbocycles. The van der Waals surface area contributed by atoms with Crippen molar-refractivity contribution in [2.24, 2.45) is 0 Å². The van der Waals surface area contributed by atoms with Crippen molar-refractivity contribution in [1.82, 2.24) is 10.2 Å². The molecule has 2 heterocycles. The van der Waals surface area contributed by atoms with Crippen LogP contribution in [0.4, 0.5) is 0 Å². The second kappa shape index (κ2) is 9.26. The molecule has 1 aromatic carbocycles. The van der Waals surface area contributed by atoms with Gasteiger partial charge in [0.25, 0.3) is 0 Å². The van der Waals surface area contributed by atoms with Gasteiger partial charge in [-0.25, -0.2) is 0 Å². The van der Waals surface area contributed by atoms with Gasteiger partial charge >= 0.3 is 0 Å². The summed E-state index contributed by atoms with van der Waals surface area (Å²) in [6, 6.07) is 5.71. The van der Waals surface area contributed by atoms with Crippen molar-refractivity contribution in [3.8, 4) is 11.5 Å². The van der Waals surface area contributed by atoms with Crippen molar-refractivity contribution in [1.29, 1.82) is 0 Å². The number of carbonyl (C=O) groups excluding carboxylic acids is 1. The molecule has 0 bridgehead atoms. The Morgan fingerprint density at radius 2 is 2.22 bits per heavy atom. The molecule has 0 radical (unpaired) electrons. The molecule has 0 spiro atoms. The Bertz CT molecular complexity index is 835. The van der Waals surface area contributed by atoms with Crippen LogP contribution < -0.4 is 14.8 Å². The molecule has 0 saturated heterocycles. The molecule has 0 aliphatic carbocycles. The number of amides is 1. The Kier molecular flexibility index (Phi) is 6.77. The van der Waals surface area contributed by atoms with E-state index in [1.54, 1.807) is 25.3 Å². The highest BCUT2D eigenvalue weighted by molar-refractivity contribution is 7.10. The first-order chi connectivity index (χ1) is 13.1. The molecular formula is C20H23ClN2O3S. The summed E-state index contributed by atoms with van der Waals surface area (Å²) in [6.07, 6.45) is 4.31. The average molecular weight is 407 g/mol. The van der Waals surface area contributed by atoms with Gasteiger partial charge in [-0.2, -0.15) is 0 Å². The van der Waals surface area contributed by atoms with Crippen LogP contribution in [0.2, 0.25) is 5.02 Å². The van der Waals surface area contributed by atoms with E-state index in [-0.39, 0.29) is 5.91 Å². The van der Waals surface area contributed by atoms with Crippen LogP contribution in [-0.2, 0) is 17.8 Å². The fraction of sp³-hybridized carbons (Fsp3) is 0.350. The van der Waals surface area contributed by atoms with Gasteiger partial charge in [-0.05, 0) is 47.2 Å². The molecule has 5 nitrogen and oxygen atoms in total. The quantitative estimate of drug-likeness (QED) is 0.714. The van der Waals surface area contributed by atoms with Crippen molar-refractivity contribution in [2.45, 2.75) is 13.0 Å². The SMILES string of the molecule is COc1cc(/C=C/C(=O)NCCN2CCc3sccc3C2)cc(Cl)c1OC. The van der Waals surface area contributed by atoms with Crippen molar-refractivity contribution >= 4 is 34.9 Å². The molecule has 2 aromatic rings. The topological polar surface area (TPSA) is 50.8 Å². The zero-order valence-electron chi connectivity index (χ0n) is 15.5. The van der Waals surface area contributed by atoms with E-state index in [9.17, 15) is 4.79 Å². The number of halogens is 1. The predicted octanol–water partition coefficient (Wildman–Crippen LogP) is 3.61. The second-order valence-corrected chi connectivity index (χ2v) is 7.67.